The number of likely N-dealkylation sites (N-methyl/N-ethyl adjacent to an activating group) is 1. The molecule has 106 valence electrons. The highest BCUT2D eigenvalue weighted by atomic mass is 16.5. The average Bonchev–Trinajstić information content (AvgIpc) is 2.92. The van der Waals surface area contributed by atoms with Gasteiger partial charge in [0.05, 0.1) is 6.61 Å². The summed E-state index contributed by atoms with van der Waals surface area (Å²) in [7, 11) is 4.02. The Morgan fingerprint density at radius 3 is 2.61 bits per heavy atom. The van der Waals surface area contributed by atoms with Crippen LogP contribution < -0.4 is 5.73 Å². The summed E-state index contributed by atoms with van der Waals surface area (Å²) >= 11 is 0. The fourth-order valence-electron chi connectivity index (χ4n) is 4.33. The first-order valence-corrected chi connectivity index (χ1v) is 7.55. The third kappa shape index (κ3) is 3.06. The predicted molar refractivity (Wildman–Crippen MR) is 75.5 cm³/mol. The molecule has 2 saturated carbocycles. The maximum atomic E-state index is 5.96. The van der Waals surface area contributed by atoms with Crippen LogP contribution in [0, 0.1) is 23.7 Å². The molecule has 2 aliphatic rings. The molecular weight excluding hydrogens is 224 g/mol. The minimum atomic E-state index is 0.462. The highest BCUT2D eigenvalue weighted by Gasteiger charge is 2.40. The van der Waals surface area contributed by atoms with E-state index in [1.807, 2.05) is 0 Å². The zero-order valence-corrected chi connectivity index (χ0v) is 12.3. The van der Waals surface area contributed by atoms with Crippen molar-refractivity contribution in [3.05, 3.63) is 0 Å². The van der Waals surface area contributed by atoms with Crippen LogP contribution in [0.25, 0.3) is 0 Å². The summed E-state index contributed by atoms with van der Waals surface area (Å²) in [4.78, 5) is 2.50. The van der Waals surface area contributed by atoms with Gasteiger partial charge in [-0.25, -0.2) is 0 Å². The molecule has 0 spiro atoms. The van der Waals surface area contributed by atoms with Crippen LogP contribution in [0.3, 0.4) is 0 Å². The molecule has 2 rings (SSSR count). The van der Waals surface area contributed by atoms with Gasteiger partial charge in [0.2, 0.25) is 0 Å². The van der Waals surface area contributed by atoms with Crippen LogP contribution in [0.2, 0.25) is 0 Å². The van der Waals surface area contributed by atoms with Gasteiger partial charge >= 0.3 is 0 Å². The Bertz CT molecular complexity index is 259. The maximum Gasteiger partial charge on any atom is 0.0503 e. The molecule has 18 heavy (non-hydrogen) atoms. The molecule has 5 unspecified atom stereocenters. The van der Waals surface area contributed by atoms with E-state index in [1.54, 1.807) is 7.11 Å². The van der Waals surface area contributed by atoms with Gasteiger partial charge in [0.25, 0.3) is 0 Å². The van der Waals surface area contributed by atoms with Gasteiger partial charge in [0.15, 0.2) is 0 Å². The van der Waals surface area contributed by atoms with Gasteiger partial charge in [-0.1, -0.05) is 13.3 Å². The lowest BCUT2D eigenvalue weighted by atomic mass is 9.87. The Morgan fingerprint density at radius 1 is 1.33 bits per heavy atom. The molecule has 5 atom stereocenters. The monoisotopic (exact) mass is 254 g/mol. The summed E-state index contributed by atoms with van der Waals surface area (Å²) in [5.74, 6) is 3.50. The van der Waals surface area contributed by atoms with E-state index < -0.39 is 0 Å². The molecule has 2 fully saturated rings. The molecule has 0 saturated heterocycles. The molecule has 0 aromatic rings. The zero-order valence-electron chi connectivity index (χ0n) is 12.3. The van der Waals surface area contributed by atoms with Gasteiger partial charge in [0, 0.05) is 26.2 Å². The molecular formula is C15H30N2O. The Kier molecular flexibility index (Phi) is 5.05. The molecule has 2 aliphatic carbocycles. The third-order valence-electron chi connectivity index (χ3n) is 5.30. The smallest absolute Gasteiger partial charge is 0.0503 e. The Morgan fingerprint density at radius 2 is 2.11 bits per heavy atom. The zero-order chi connectivity index (χ0) is 13.1. The fourth-order valence-corrected chi connectivity index (χ4v) is 4.33. The van der Waals surface area contributed by atoms with Gasteiger partial charge in [-0.3, -0.25) is 0 Å². The number of nitrogens with zero attached hydrogens (tertiary/aromatic N) is 1. The predicted octanol–water partition coefficient (Wildman–Crippen LogP) is 1.96. The first-order chi connectivity index (χ1) is 8.65. The van der Waals surface area contributed by atoms with Gasteiger partial charge in [-0.2, -0.15) is 0 Å². The van der Waals surface area contributed by atoms with E-state index in [0.29, 0.717) is 12.0 Å². The number of nitrogens with two attached hydrogens (primary N) is 1. The lowest BCUT2D eigenvalue weighted by Gasteiger charge is -2.35. The Balaban J connectivity index is 1.83. The number of hydrogen-bond acceptors (Lipinski definition) is 3. The van der Waals surface area contributed by atoms with Crippen LogP contribution in [0.1, 0.15) is 32.6 Å². The first kappa shape index (κ1) is 14.3. The van der Waals surface area contributed by atoms with Crippen LogP contribution in [0.15, 0.2) is 0 Å². The average molecular weight is 254 g/mol. The number of methoxy groups -OCH3 is 1. The quantitative estimate of drug-likeness (QED) is 0.755. The normalized spacial score (nSPS) is 34.2. The van der Waals surface area contributed by atoms with Crippen molar-refractivity contribution in [1.29, 1.82) is 0 Å². The summed E-state index contributed by atoms with van der Waals surface area (Å²) in [6.45, 7) is 5.03. The molecule has 2 bridgehead atoms. The van der Waals surface area contributed by atoms with E-state index in [4.69, 9.17) is 10.5 Å². The summed E-state index contributed by atoms with van der Waals surface area (Å²) < 4.78 is 5.27. The van der Waals surface area contributed by atoms with E-state index in [9.17, 15) is 0 Å². The Labute approximate surface area is 112 Å². The van der Waals surface area contributed by atoms with E-state index in [2.05, 4.69) is 18.9 Å². The van der Waals surface area contributed by atoms with Gasteiger partial charge in [-0.15, -0.1) is 0 Å². The standard InChI is InChI=1S/C15H30N2O/c1-11(10-18-3)15(8-16)17(2)9-14-7-12-4-5-13(14)6-12/h11-15H,4-10,16H2,1-3H3. The van der Waals surface area contributed by atoms with E-state index in [0.717, 1.165) is 30.9 Å². The van der Waals surface area contributed by atoms with Crippen molar-refractivity contribution >= 4 is 0 Å². The summed E-state index contributed by atoms with van der Waals surface area (Å²) in [6.07, 6.45) is 5.93. The van der Waals surface area contributed by atoms with Crippen LogP contribution in [0.5, 0.6) is 0 Å². The molecule has 3 nitrogen and oxygen atoms in total. The highest BCUT2D eigenvalue weighted by molar-refractivity contribution is 4.92. The van der Waals surface area contributed by atoms with Crippen molar-refractivity contribution in [1.82, 2.24) is 4.90 Å². The van der Waals surface area contributed by atoms with E-state index >= 15 is 0 Å². The van der Waals surface area contributed by atoms with Gasteiger partial charge in [-0.05, 0) is 50.0 Å². The summed E-state index contributed by atoms with van der Waals surface area (Å²) in [5.41, 5.74) is 5.96. The largest absolute Gasteiger partial charge is 0.384 e. The number of fused-ring (bicyclic) bond motifs is 2. The lowest BCUT2D eigenvalue weighted by molar-refractivity contribution is 0.0839. The molecule has 0 aromatic heterocycles. The van der Waals surface area contributed by atoms with Crippen molar-refractivity contribution in [2.24, 2.45) is 29.4 Å². The fraction of sp³-hybridized carbons (Fsp3) is 1.00. The Hall–Kier alpha value is -0.120. The number of hydrogen-bond donors (Lipinski definition) is 1. The second kappa shape index (κ2) is 6.36. The highest BCUT2D eigenvalue weighted by Crippen LogP contribution is 2.48. The van der Waals surface area contributed by atoms with Crippen molar-refractivity contribution in [3.8, 4) is 0 Å². The molecule has 0 radical (unpaired) electrons. The minimum Gasteiger partial charge on any atom is -0.384 e. The van der Waals surface area contributed by atoms with Gasteiger partial charge < -0.3 is 15.4 Å². The molecule has 0 aromatic carbocycles. The summed E-state index contributed by atoms with van der Waals surface area (Å²) in [5, 5.41) is 0. The van der Waals surface area contributed by atoms with Crippen LogP contribution >= 0.6 is 0 Å². The lowest BCUT2D eigenvalue weighted by Crippen LogP contribution is -2.46. The van der Waals surface area contributed by atoms with E-state index in [1.165, 1.54) is 32.2 Å². The van der Waals surface area contributed by atoms with Crippen LogP contribution in [-0.2, 0) is 4.74 Å². The third-order valence-corrected chi connectivity index (χ3v) is 5.30. The number of ether oxygens (including phenoxy) is 1. The second-order valence-corrected chi connectivity index (χ2v) is 6.61. The van der Waals surface area contributed by atoms with Crippen molar-refractivity contribution < 1.29 is 4.74 Å². The first-order valence-electron chi connectivity index (χ1n) is 7.55. The van der Waals surface area contributed by atoms with Crippen LogP contribution in [-0.4, -0.2) is 44.8 Å². The number of rotatable bonds is 7. The second-order valence-electron chi connectivity index (χ2n) is 6.61. The summed E-state index contributed by atoms with van der Waals surface area (Å²) in [6, 6.07) is 0.462. The van der Waals surface area contributed by atoms with Crippen molar-refractivity contribution in [2.75, 3.05) is 33.9 Å². The molecule has 3 heteroatoms. The van der Waals surface area contributed by atoms with Crippen LogP contribution in [0.4, 0.5) is 0 Å². The molecule has 0 heterocycles. The molecule has 0 aliphatic heterocycles. The van der Waals surface area contributed by atoms with Crippen molar-refractivity contribution in [3.63, 3.8) is 0 Å². The molecule has 2 N–H and O–H groups in total. The minimum absolute atomic E-state index is 0.462. The molecule has 0 amide bonds. The van der Waals surface area contributed by atoms with E-state index in [-0.39, 0.29) is 0 Å². The van der Waals surface area contributed by atoms with Gasteiger partial charge in [0.1, 0.15) is 0 Å². The SMILES string of the molecule is COCC(C)C(CN)N(C)CC1CC2CCC1C2. The maximum absolute atomic E-state index is 5.96. The topological polar surface area (TPSA) is 38.5 Å². The van der Waals surface area contributed by atoms with Crippen molar-refractivity contribution in [2.45, 2.75) is 38.6 Å².